The molecule has 0 bridgehead atoms. The molecule has 0 saturated heterocycles. The van der Waals surface area contributed by atoms with Gasteiger partial charge < -0.3 is 14.6 Å². The number of nitrogens with one attached hydrogen (secondary N) is 1. The fourth-order valence-electron chi connectivity index (χ4n) is 3.24. The van der Waals surface area contributed by atoms with E-state index in [1.807, 2.05) is 13.0 Å². The van der Waals surface area contributed by atoms with E-state index in [1.165, 1.54) is 19.5 Å². The van der Waals surface area contributed by atoms with E-state index < -0.39 is 5.91 Å². The average Bonchev–Trinajstić information content (AvgIpc) is 3.30. The van der Waals surface area contributed by atoms with Crippen molar-refractivity contribution in [2.45, 2.75) is 20.1 Å². The van der Waals surface area contributed by atoms with Gasteiger partial charge in [-0.3, -0.25) is 20.1 Å². The third-order valence-electron chi connectivity index (χ3n) is 4.81. The van der Waals surface area contributed by atoms with Crippen LogP contribution in [0.2, 0.25) is 5.02 Å². The third-order valence-corrected chi connectivity index (χ3v) is 5.78. The highest BCUT2D eigenvalue weighted by Gasteiger charge is 2.20. The van der Waals surface area contributed by atoms with Crippen molar-refractivity contribution in [2.75, 3.05) is 12.4 Å². The summed E-state index contributed by atoms with van der Waals surface area (Å²) in [5.41, 5.74) is 3.63. The molecule has 34 heavy (non-hydrogen) atoms. The maximum absolute atomic E-state index is 13.1. The van der Waals surface area contributed by atoms with Gasteiger partial charge in [-0.1, -0.05) is 34.9 Å². The van der Waals surface area contributed by atoms with E-state index in [0.717, 1.165) is 17.0 Å². The van der Waals surface area contributed by atoms with E-state index in [9.17, 15) is 9.90 Å². The van der Waals surface area contributed by atoms with Gasteiger partial charge in [-0.05, 0) is 36.5 Å². The summed E-state index contributed by atoms with van der Waals surface area (Å²) in [5.74, 6) is 0.0769. The molecule has 1 aromatic carbocycles. The molecule has 4 aromatic rings. The maximum atomic E-state index is 13.1. The van der Waals surface area contributed by atoms with Gasteiger partial charge >= 0.3 is 0 Å². The van der Waals surface area contributed by atoms with Crippen LogP contribution in [0.3, 0.4) is 0 Å². The van der Waals surface area contributed by atoms with Crippen molar-refractivity contribution in [1.82, 2.24) is 20.2 Å². The second kappa shape index (κ2) is 10.6. The molecule has 0 aliphatic heterocycles. The molecule has 0 fully saturated rings. The fourth-order valence-corrected chi connectivity index (χ4v) is 3.94. The number of hydrogen-bond acceptors (Lipinski definition) is 9. The molecule has 1 amide bonds. The Hall–Kier alpha value is -3.60. The SMILES string of the molecule is COc1c(CO)cccc1-c1cc(C)ncc1C(=O)Nc1nnc(OCc2ccc(Cl)cn2)s1. The molecule has 0 atom stereocenters. The summed E-state index contributed by atoms with van der Waals surface area (Å²) in [4.78, 5) is 21.6. The summed E-state index contributed by atoms with van der Waals surface area (Å²) in [7, 11) is 1.52. The smallest absolute Gasteiger partial charge is 0.296 e. The molecule has 11 heteroatoms. The third kappa shape index (κ3) is 5.30. The van der Waals surface area contributed by atoms with Gasteiger partial charge in [0.25, 0.3) is 11.1 Å². The van der Waals surface area contributed by atoms with Crippen LogP contribution < -0.4 is 14.8 Å². The monoisotopic (exact) mass is 497 g/mol. The summed E-state index contributed by atoms with van der Waals surface area (Å²) < 4.78 is 11.1. The van der Waals surface area contributed by atoms with Crippen LogP contribution >= 0.6 is 22.9 Å². The molecule has 9 nitrogen and oxygen atoms in total. The van der Waals surface area contributed by atoms with Gasteiger partial charge in [-0.2, -0.15) is 0 Å². The minimum atomic E-state index is -0.416. The van der Waals surface area contributed by atoms with Gasteiger partial charge in [0.05, 0.1) is 30.0 Å². The van der Waals surface area contributed by atoms with Crippen LogP contribution in [0.1, 0.15) is 27.3 Å². The molecule has 0 radical (unpaired) electrons. The number of aryl methyl sites for hydroxylation is 1. The number of aliphatic hydroxyl groups excluding tert-OH is 1. The average molecular weight is 498 g/mol. The summed E-state index contributed by atoms with van der Waals surface area (Å²) in [6, 6.07) is 10.6. The highest BCUT2D eigenvalue weighted by Crippen LogP contribution is 2.36. The number of ether oxygens (including phenoxy) is 2. The van der Waals surface area contributed by atoms with Gasteiger partial charge in [-0.15, -0.1) is 5.10 Å². The van der Waals surface area contributed by atoms with Gasteiger partial charge in [0, 0.05) is 34.8 Å². The molecule has 4 rings (SSSR count). The number of carbonyl (C=O) groups excluding carboxylic acids is 1. The molecule has 0 spiro atoms. The number of aromatic nitrogens is 4. The molecule has 0 aliphatic rings. The molecular formula is C23H20ClN5O4S. The standard InChI is InChI=1S/C23H20ClN5O4S/c1-13-8-18(17-5-3-4-14(11-30)20(17)32-2)19(10-25-13)21(31)27-22-28-29-23(34-22)33-12-16-7-6-15(24)9-26-16/h3-10,30H,11-12H2,1-2H3,(H,27,28,31). The molecule has 174 valence electrons. The quantitative estimate of drug-likeness (QED) is 0.370. The molecular weight excluding hydrogens is 478 g/mol. The maximum Gasteiger partial charge on any atom is 0.296 e. The number of methoxy groups -OCH3 is 1. The Labute approximate surface area is 204 Å². The van der Waals surface area contributed by atoms with E-state index >= 15 is 0 Å². The van der Waals surface area contributed by atoms with Crippen LogP contribution in [-0.4, -0.2) is 38.3 Å². The van der Waals surface area contributed by atoms with Gasteiger partial charge in [0.2, 0.25) is 5.13 Å². The number of anilines is 1. The summed E-state index contributed by atoms with van der Waals surface area (Å²) in [6.07, 6.45) is 3.03. The number of aliphatic hydroxyl groups is 1. The lowest BCUT2D eigenvalue weighted by Crippen LogP contribution is -2.14. The molecule has 0 aliphatic carbocycles. The number of benzene rings is 1. The first-order valence-electron chi connectivity index (χ1n) is 10.1. The predicted molar refractivity (Wildman–Crippen MR) is 128 cm³/mol. The van der Waals surface area contributed by atoms with Gasteiger partial charge in [-0.25, -0.2) is 0 Å². The number of carbonyl (C=O) groups is 1. The Morgan fingerprint density at radius 3 is 2.74 bits per heavy atom. The summed E-state index contributed by atoms with van der Waals surface area (Å²) in [5, 5.41) is 21.4. The summed E-state index contributed by atoms with van der Waals surface area (Å²) >= 11 is 6.92. The van der Waals surface area contributed by atoms with Crippen molar-refractivity contribution in [2.24, 2.45) is 0 Å². The van der Waals surface area contributed by atoms with Crippen molar-refractivity contribution in [3.63, 3.8) is 0 Å². The second-order valence-electron chi connectivity index (χ2n) is 7.11. The van der Waals surface area contributed by atoms with Crippen molar-refractivity contribution in [3.05, 3.63) is 76.3 Å². The van der Waals surface area contributed by atoms with Crippen molar-refractivity contribution < 1.29 is 19.4 Å². The fraction of sp³-hybridized carbons (Fsp3) is 0.174. The lowest BCUT2D eigenvalue weighted by atomic mass is 9.97. The Kier molecular flexibility index (Phi) is 7.31. The van der Waals surface area contributed by atoms with Crippen LogP contribution in [0.4, 0.5) is 5.13 Å². The normalized spacial score (nSPS) is 10.7. The largest absolute Gasteiger partial charge is 0.496 e. The van der Waals surface area contributed by atoms with Crippen LogP contribution in [0.25, 0.3) is 11.1 Å². The van der Waals surface area contributed by atoms with Crippen LogP contribution in [0.15, 0.2) is 48.8 Å². The Morgan fingerprint density at radius 1 is 1.15 bits per heavy atom. The number of nitrogens with zero attached hydrogens (tertiary/aromatic N) is 4. The number of para-hydroxylation sites is 1. The zero-order valence-electron chi connectivity index (χ0n) is 18.3. The lowest BCUT2D eigenvalue weighted by Gasteiger charge is -2.15. The molecule has 3 heterocycles. The number of rotatable bonds is 8. The number of amides is 1. The lowest BCUT2D eigenvalue weighted by molar-refractivity contribution is 0.102. The molecule has 0 unspecified atom stereocenters. The van der Waals surface area contributed by atoms with Gasteiger partial charge in [0.15, 0.2) is 0 Å². The van der Waals surface area contributed by atoms with E-state index in [2.05, 4.69) is 25.5 Å². The first-order valence-corrected chi connectivity index (χ1v) is 11.3. The van der Waals surface area contributed by atoms with E-state index in [-0.39, 0.29) is 23.5 Å². The van der Waals surface area contributed by atoms with Crippen molar-refractivity contribution >= 4 is 34.0 Å². The Balaban J connectivity index is 1.54. The van der Waals surface area contributed by atoms with E-state index in [4.69, 9.17) is 21.1 Å². The Morgan fingerprint density at radius 2 is 2.00 bits per heavy atom. The zero-order valence-corrected chi connectivity index (χ0v) is 19.9. The highest BCUT2D eigenvalue weighted by molar-refractivity contribution is 7.17. The van der Waals surface area contributed by atoms with Crippen LogP contribution in [0.5, 0.6) is 10.9 Å². The van der Waals surface area contributed by atoms with Crippen LogP contribution in [0, 0.1) is 6.92 Å². The van der Waals surface area contributed by atoms with Crippen LogP contribution in [-0.2, 0) is 13.2 Å². The number of halogens is 1. The van der Waals surface area contributed by atoms with Crippen molar-refractivity contribution in [1.29, 1.82) is 0 Å². The predicted octanol–water partition coefficient (Wildman–Crippen LogP) is 4.29. The highest BCUT2D eigenvalue weighted by atomic mass is 35.5. The summed E-state index contributed by atoms with van der Waals surface area (Å²) in [6.45, 7) is 1.83. The topological polar surface area (TPSA) is 119 Å². The second-order valence-corrected chi connectivity index (χ2v) is 8.49. The zero-order chi connectivity index (χ0) is 24.1. The van der Waals surface area contributed by atoms with E-state index in [0.29, 0.717) is 38.7 Å². The van der Waals surface area contributed by atoms with E-state index in [1.54, 1.807) is 30.3 Å². The molecule has 0 saturated carbocycles. The first kappa shape index (κ1) is 23.6. The number of hydrogen-bond donors (Lipinski definition) is 2. The number of pyridine rings is 2. The minimum absolute atomic E-state index is 0.187. The molecule has 2 N–H and O–H groups in total. The molecule has 3 aromatic heterocycles. The van der Waals surface area contributed by atoms with Gasteiger partial charge in [0.1, 0.15) is 12.4 Å². The minimum Gasteiger partial charge on any atom is -0.496 e. The first-order chi connectivity index (χ1) is 16.5. The Bertz CT molecular complexity index is 1310. The van der Waals surface area contributed by atoms with Crippen molar-refractivity contribution in [3.8, 4) is 22.1 Å².